The monoisotopic (exact) mass is 378 g/mol. The molecule has 0 aliphatic carbocycles. The van der Waals surface area contributed by atoms with Crippen LogP contribution in [0.25, 0.3) is 17.0 Å². The number of fused-ring (bicyclic) bond motifs is 1. The summed E-state index contributed by atoms with van der Waals surface area (Å²) >= 11 is 0. The summed E-state index contributed by atoms with van der Waals surface area (Å²) in [6.45, 7) is 2.37. The van der Waals surface area contributed by atoms with Crippen LogP contribution in [0.4, 0.5) is 10.3 Å². The minimum absolute atomic E-state index is 0.278. The largest absolute Gasteiger partial charge is 0.468 e. The van der Waals surface area contributed by atoms with Gasteiger partial charge in [-0.05, 0) is 29.8 Å². The minimum atomic E-state index is -0.278. The molecule has 142 valence electrons. The Morgan fingerprint density at radius 1 is 1.04 bits per heavy atom. The van der Waals surface area contributed by atoms with Crippen LogP contribution in [-0.2, 0) is 13.0 Å². The van der Waals surface area contributed by atoms with Crippen molar-refractivity contribution in [1.29, 1.82) is 0 Å². The van der Waals surface area contributed by atoms with E-state index in [2.05, 4.69) is 25.3 Å². The lowest BCUT2D eigenvalue weighted by Gasteiger charge is -2.11. The fourth-order valence-electron chi connectivity index (χ4n) is 2.91. The third kappa shape index (κ3) is 3.48. The molecule has 7 nitrogen and oxygen atoms in total. The van der Waals surface area contributed by atoms with Crippen LogP contribution in [0.3, 0.4) is 0 Å². The highest BCUT2D eigenvalue weighted by Crippen LogP contribution is 2.24. The van der Waals surface area contributed by atoms with Crippen molar-refractivity contribution in [3.05, 3.63) is 65.7 Å². The maximum Gasteiger partial charge on any atom is 0.304 e. The summed E-state index contributed by atoms with van der Waals surface area (Å²) in [6.07, 6.45) is 0.638. The lowest BCUT2D eigenvalue weighted by Crippen LogP contribution is -2.12. The average Bonchev–Trinajstić information content (AvgIpc) is 3.11. The molecule has 2 aromatic heterocycles. The first-order valence-corrected chi connectivity index (χ1v) is 8.93. The van der Waals surface area contributed by atoms with Crippen LogP contribution >= 0.6 is 0 Å². The maximum atomic E-state index is 13.4. The summed E-state index contributed by atoms with van der Waals surface area (Å²) in [4.78, 5) is 18.0. The lowest BCUT2D eigenvalue weighted by atomic mass is 10.2. The first kappa shape index (κ1) is 17.8. The first-order valence-electron chi connectivity index (χ1n) is 8.93. The summed E-state index contributed by atoms with van der Waals surface area (Å²) in [5, 5.41) is 3.15. The van der Waals surface area contributed by atoms with Gasteiger partial charge < -0.3 is 10.1 Å². The van der Waals surface area contributed by atoms with E-state index in [0.29, 0.717) is 36.7 Å². The normalized spacial score (nSPS) is 11.0. The molecule has 0 amide bonds. The van der Waals surface area contributed by atoms with Gasteiger partial charge in [-0.2, -0.15) is 19.9 Å². The van der Waals surface area contributed by atoms with Gasteiger partial charge in [-0.1, -0.05) is 31.2 Å². The Morgan fingerprint density at radius 3 is 2.68 bits per heavy atom. The SMILES string of the molecule is CCc1nc(NCc2cccc(F)c2)nc(-n2c(OC)nc3ccccc32)n1. The molecule has 4 rings (SSSR count). The number of methoxy groups -OCH3 is 1. The highest BCUT2D eigenvalue weighted by Gasteiger charge is 2.17. The minimum Gasteiger partial charge on any atom is -0.468 e. The molecule has 0 aliphatic heterocycles. The van der Waals surface area contributed by atoms with Crippen LogP contribution in [0.15, 0.2) is 48.5 Å². The molecular weight excluding hydrogens is 359 g/mol. The fourth-order valence-corrected chi connectivity index (χ4v) is 2.91. The molecule has 0 saturated heterocycles. The van der Waals surface area contributed by atoms with E-state index >= 15 is 0 Å². The first-order chi connectivity index (χ1) is 13.7. The third-order valence-electron chi connectivity index (χ3n) is 4.24. The lowest BCUT2D eigenvalue weighted by molar-refractivity contribution is 0.374. The van der Waals surface area contributed by atoms with Crippen molar-refractivity contribution >= 4 is 17.0 Å². The Morgan fingerprint density at radius 2 is 1.89 bits per heavy atom. The fraction of sp³-hybridized carbons (Fsp3) is 0.200. The van der Waals surface area contributed by atoms with Crippen molar-refractivity contribution in [2.45, 2.75) is 19.9 Å². The van der Waals surface area contributed by atoms with E-state index in [4.69, 9.17) is 4.74 Å². The van der Waals surface area contributed by atoms with E-state index in [0.717, 1.165) is 16.6 Å². The van der Waals surface area contributed by atoms with Crippen molar-refractivity contribution in [1.82, 2.24) is 24.5 Å². The predicted octanol–water partition coefficient (Wildman–Crippen LogP) is 3.53. The molecule has 28 heavy (non-hydrogen) atoms. The quantitative estimate of drug-likeness (QED) is 0.553. The van der Waals surface area contributed by atoms with Crippen molar-refractivity contribution < 1.29 is 9.13 Å². The number of aryl methyl sites for hydroxylation is 1. The number of aromatic nitrogens is 5. The predicted molar refractivity (Wildman–Crippen MR) is 104 cm³/mol. The van der Waals surface area contributed by atoms with E-state index in [1.165, 1.54) is 12.1 Å². The molecule has 0 atom stereocenters. The molecule has 0 saturated carbocycles. The molecule has 4 aromatic rings. The molecule has 0 spiro atoms. The summed E-state index contributed by atoms with van der Waals surface area (Å²) in [5.41, 5.74) is 2.42. The second-order valence-electron chi connectivity index (χ2n) is 6.13. The molecule has 0 unspecified atom stereocenters. The second-order valence-corrected chi connectivity index (χ2v) is 6.13. The third-order valence-corrected chi connectivity index (χ3v) is 4.24. The van der Waals surface area contributed by atoms with Crippen LogP contribution in [0.5, 0.6) is 6.01 Å². The Labute approximate surface area is 161 Å². The van der Waals surface area contributed by atoms with E-state index in [9.17, 15) is 4.39 Å². The number of anilines is 1. The topological polar surface area (TPSA) is 77.8 Å². The Bertz CT molecular complexity index is 1130. The zero-order chi connectivity index (χ0) is 19.5. The van der Waals surface area contributed by atoms with Crippen molar-refractivity contribution in [2.24, 2.45) is 0 Å². The summed E-state index contributed by atoms with van der Waals surface area (Å²) in [5.74, 6) is 1.18. The van der Waals surface area contributed by atoms with Gasteiger partial charge in [-0.3, -0.25) is 0 Å². The van der Waals surface area contributed by atoms with Gasteiger partial charge in [0.15, 0.2) is 0 Å². The molecule has 2 aromatic carbocycles. The number of halogens is 1. The molecule has 0 bridgehead atoms. The van der Waals surface area contributed by atoms with Gasteiger partial charge in [0, 0.05) is 13.0 Å². The van der Waals surface area contributed by atoms with Crippen LogP contribution in [0, 0.1) is 5.82 Å². The maximum absolute atomic E-state index is 13.4. The molecular formula is C20H19FN6O. The number of imidazole rings is 1. The van der Waals surface area contributed by atoms with Gasteiger partial charge in [0.05, 0.1) is 18.1 Å². The van der Waals surface area contributed by atoms with Gasteiger partial charge in [-0.15, -0.1) is 0 Å². The van der Waals surface area contributed by atoms with Crippen LogP contribution in [-0.4, -0.2) is 31.6 Å². The molecule has 1 N–H and O–H groups in total. The highest BCUT2D eigenvalue weighted by molar-refractivity contribution is 5.78. The number of benzene rings is 2. The number of nitrogens with one attached hydrogen (secondary N) is 1. The summed E-state index contributed by atoms with van der Waals surface area (Å²) < 4.78 is 20.6. The second kappa shape index (κ2) is 7.59. The zero-order valence-corrected chi connectivity index (χ0v) is 15.6. The number of para-hydroxylation sites is 2. The number of rotatable bonds is 6. The van der Waals surface area contributed by atoms with Crippen LogP contribution in [0.2, 0.25) is 0 Å². The zero-order valence-electron chi connectivity index (χ0n) is 15.6. The van der Waals surface area contributed by atoms with Crippen LogP contribution < -0.4 is 10.1 Å². The van der Waals surface area contributed by atoms with Gasteiger partial charge in [-0.25, -0.2) is 8.96 Å². The Hall–Kier alpha value is -3.55. The summed E-state index contributed by atoms with van der Waals surface area (Å²) in [7, 11) is 1.56. The van der Waals surface area contributed by atoms with Crippen molar-refractivity contribution in [3.63, 3.8) is 0 Å². The average molecular weight is 378 g/mol. The van der Waals surface area contributed by atoms with E-state index in [1.807, 2.05) is 37.3 Å². The van der Waals surface area contributed by atoms with Crippen LogP contribution in [0.1, 0.15) is 18.3 Å². The Kier molecular flexibility index (Phi) is 4.84. The summed E-state index contributed by atoms with van der Waals surface area (Å²) in [6, 6.07) is 14.5. The van der Waals surface area contributed by atoms with Gasteiger partial charge in [0.1, 0.15) is 11.6 Å². The standard InChI is InChI=1S/C20H19FN6O/c1-3-17-24-18(22-12-13-7-6-8-14(21)11-13)26-19(25-17)27-16-10-5-4-9-15(16)23-20(27)28-2/h4-11H,3,12H2,1-2H3,(H,22,24,25,26). The van der Waals surface area contributed by atoms with Crippen molar-refractivity contribution in [2.75, 3.05) is 12.4 Å². The van der Waals surface area contributed by atoms with E-state index in [-0.39, 0.29) is 5.82 Å². The smallest absolute Gasteiger partial charge is 0.304 e. The Balaban J connectivity index is 1.73. The molecule has 8 heteroatoms. The molecule has 0 radical (unpaired) electrons. The van der Waals surface area contributed by atoms with E-state index < -0.39 is 0 Å². The molecule has 0 aliphatic rings. The highest BCUT2D eigenvalue weighted by atomic mass is 19.1. The van der Waals surface area contributed by atoms with Gasteiger partial charge >= 0.3 is 6.01 Å². The number of nitrogens with zero attached hydrogens (tertiary/aromatic N) is 5. The molecule has 2 heterocycles. The number of hydrogen-bond donors (Lipinski definition) is 1. The molecule has 0 fully saturated rings. The van der Waals surface area contributed by atoms with E-state index in [1.54, 1.807) is 17.7 Å². The van der Waals surface area contributed by atoms with Crippen molar-refractivity contribution in [3.8, 4) is 12.0 Å². The number of hydrogen-bond acceptors (Lipinski definition) is 6. The van der Waals surface area contributed by atoms with Gasteiger partial charge in [0.2, 0.25) is 11.9 Å². The van der Waals surface area contributed by atoms with Gasteiger partial charge in [0.25, 0.3) is 0 Å². The number of ether oxygens (including phenoxy) is 1.